The predicted molar refractivity (Wildman–Crippen MR) is 140 cm³/mol. The van der Waals surface area contributed by atoms with Crippen molar-refractivity contribution in [1.29, 1.82) is 0 Å². The number of carboxylic acids is 1. The third-order valence-electron chi connectivity index (χ3n) is 7.73. The lowest BCUT2D eigenvalue weighted by Crippen LogP contribution is -2.51. The van der Waals surface area contributed by atoms with Crippen molar-refractivity contribution in [3.05, 3.63) is 21.7 Å². The molecule has 0 saturated carbocycles. The van der Waals surface area contributed by atoms with E-state index in [4.69, 9.17) is 4.74 Å². The highest BCUT2D eigenvalue weighted by atomic mass is 32.1. The topological polar surface area (TPSA) is 156 Å². The van der Waals surface area contributed by atoms with E-state index in [1.54, 1.807) is 32.2 Å². The van der Waals surface area contributed by atoms with E-state index in [0.29, 0.717) is 24.1 Å². The van der Waals surface area contributed by atoms with Crippen molar-refractivity contribution in [2.24, 2.45) is 17.3 Å². The van der Waals surface area contributed by atoms with Gasteiger partial charge in [-0.2, -0.15) is 0 Å². The summed E-state index contributed by atoms with van der Waals surface area (Å²) in [7, 11) is 0. The molecular formula is C27H40N2O7S. The van der Waals surface area contributed by atoms with Gasteiger partial charge in [-0.05, 0) is 50.7 Å². The summed E-state index contributed by atoms with van der Waals surface area (Å²) in [6.07, 6.45) is -0.376. The Balaban J connectivity index is 1.98. The maximum absolute atomic E-state index is 13.2. The van der Waals surface area contributed by atoms with Gasteiger partial charge in [0.1, 0.15) is 11.9 Å². The van der Waals surface area contributed by atoms with Crippen LogP contribution in [0.3, 0.4) is 0 Å². The number of carbonyl (C=O) groups excluding carboxylic acids is 2. The molecule has 0 spiro atoms. The number of nitrogens with zero attached hydrogens (tertiary/aromatic N) is 1. The number of carbonyl (C=O) groups is 3. The van der Waals surface area contributed by atoms with E-state index >= 15 is 0 Å². The van der Waals surface area contributed by atoms with Crippen LogP contribution >= 0.6 is 11.3 Å². The molecular weight excluding hydrogens is 496 g/mol. The van der Waals surface area contributed by atoms with Crippen LogP contribution in [-0.2, 0) is 19.1 Å². The Labute approximate surface area is 222 Å². The number of cyclic esters (lactones) is 1. The van der Waals surface area contributed by atoms with Gasteiger partial charge in [-0.15, -0.1) is 11.3 Å². The predicted octanol–water partition coefficient (Wildman–Crippen LogP) is 3.12. The first-order valence-corrected chi connectivity index (χ1v) is 13.8. The Hall–Kier alpha value is -2.14. The van der Waals surface area contributed by atoms with E-state index in [9.17, 15) is 29.7 Å². The molecule has 2 fully saturated rings. The van der Waals surface area contributed by atoms with Crippen molar-refractivity contribution in [1.82, 2.24) is 10.3 Å². The maximum Gasteiger partial charge on any atom is 0.335 e. The number of hydrogen-bond donors (Lipinski definition) is 4. The normalized spacial score (nSPS) is 35.9. The highest BCUT2D eigenvalue weighted by Crippen LogP contribution is 2.39. The number of aliphatic hydroxyl groups excluding tert-OH is 2. The number of esters is 1. The molecule has 2 aliphatic heterocycles. The van der Waals surface area contributed by atoms with Crippen molar-refractivity contribution in [2.75, 3.05) is 0 Å². The van der Waals surface area contributed by atoms with Gasteiger partial charge in [0.2, 0.25) is 0 Å². The first-order valence-electron chi connectivity index (χ1n) is 12.9. The standard InChI is InChI=1S/C27H40N2O7S/c1-14-8-7-9-20-27(29-20,25(34)35)23(32)21(15(2)11-18-13-37-17(4)28-18)36-24(33)19(30)12-26(5,6)22(31)16(3)10-14/h11,13-14,16,19-21,23,29-30,32H,7-10,12H2,1-6H3,(H,34,35). The first kappa shape index (κ1) is 29.4. The second kappa shape index (κ2) is 11.3. The number of nitrogens with one attached hydrogen (secondary N) is 1. The number of fused-ring (bicyclic) bond motifs is 1. The average molecular weight is 537 g/mol. The number of aromatic nitrogens is 1. The summed E-state index contributed by atoms with van der Waals surface area (Å²) in [5.74, 6) is -2.28. The number of ketones is 1. The molecule has 0 aromatic carbocycles. The number of aliphatic hydroxyl groups is 2. The van der Waals surface area contributed by atoms with Gasteiger partial charge in [-0.1, -0.05) is 40.5 Å². The zero-order valence-corrected chi connectivity index (χ0v) is 23.3. The molecule has 9 nitrogen and oxygen atoms in total. The van der Waals surface area contributed by atoms with Gasteiger partial charge in [-0.3, -0.25) is 14.9 Å². The van der Waals surface area contributed by atoms with E-state index in [2.05, 4.69) is 17.2 Å². The number of thiazole rings is 1. The Bertz CT molecular complexity index is 1050. The monoisotopic (exact) mass is 536 g/mol. The lowest BCUT2D eigenvalue weighted by Gasteiger charge is -2.32. The number of hydrogen-bond acceptors (Lipinski definition) is 9. The van der Waals surface area contributed by atoms with Crippen LogP contribution in [0.4, 0.5) is 0 Å². The lowest BCUT2D eigenvalue weighted by atomic mass is 9.75. The molecule has 4 N–H and O–H groups in total. The van der Waals surface area contributed by atoms with E-state index in [1.807, 2.05) is 13.8 Å². The summed E-state index contributed by atoms with van der Waals surface area (Å²) < 4.78 is 5.62. The van der Waals surface area contributed by atoms with Crippen LogP contribution in [0.15, 0.2) is 11.0 Å². The smallest absolute Gasteiger partial charge is 0.335 e. The molecule has 3 heterocycles. The molecule has 7 atom stereocenters. The van der Waals surface area contributed by atoms with Crippen molar-refractivity contribution < 1.29 is 34.4 Å². The van der Waals surface area contributed by atoms with Gasteiger partial charge in [0.25, 0.3) is 0 Å². The highest BCUT2D eigenvalue weighted by molar-refractivity contribution is 7.09. The molecule has 1 aromatic rings. The Morgan fingerprint density at radius 2 is 1.92 bits per heavy atom. The van der Waals surface area contributed by atoms with E-state index < -0.39 is 47.2 Å². The van der Waals surface area contributed by atoms with E-state index in [1.165, 1.54) is 11.3 Å². The van der Waals surface area contributed by atoms with Gasteiger partial charge >= 0.3 is 11.9 Å². The third-order valence-corrected chi connectivity index (χ3v) is 8.52. The number of aliphatic carboxylic acids is 1. The molecule has 37 heavy (non-hydrogen) atoms. The largest absolute Gasteiger partial charge is 0.480 e. The molecule has 3 rings (SSSR count). The Morgan fingerprint density at radius 1 is 1.24 bits per heavy atom. The van der Waals surface area contributed by atoms with Crippen LogP contribution in [0, 0.1) is 24.2 Å². The molecule has 2 saturated heterocycles. The first-order chi connectivity index (χ1) is 17.2. The third kappa shape index (κ3) is 6.47. The van der Waals surface area contributed by atoms with Crippen molar-refractivity contribution in [2.45, 2.75) is 104 Å². The summed E-state index contributed by atoms with van der Waals surface area (Å²) in [6, 6.07) is -0.501. The van der Waals surface area contributed by atoms with Gasteiger partial charge in [-0.25, -0.2) is 9.78 Å². The minimum atomic E-state index is -1.67. The average Bonchev–Trinajstić information content (AvgIpc) is 3.41. The molecule has 0 radical (unpaired) electrons. The number of rotatable bonds is 3. The van der Waals surface area contributed by atoms with Gasteiger partial charge in [0.15, 0.2) is 17.7 Å². The molecule has 1 aromatic heterocycles. The summed E-state index contributed by atoms with van der Waals surface area (Å²) in [5.41, 5.74) is -1.66. The van der Waals surface area contributed by atoms with Gasteiger partial charge in [0, 0.05) is 22.8 Å². The molecule has 0 amide bonds. The number of carboxylic acid groups (broad SMARTS) is 1. The van der Waals surface area contributed by atoms with Crippen LogP contribution < -0.4 is 5.32 Å². The number of ether oxygens (including phenoxy) is 1. The van der Waals surface area contributed by atoms with Crippen molar-refractivity contribution >= 4 is 35.1 Å². The van der Waals surface area contributed by atoms with Crippen LogP contribution in [0.5, 0.6) is 0 Å². The Kier molecular flexibility index (Phi) is 8.99. The fourth-order valence-corrected chi connectivity index (χ4v) is 6.19. The van der Waals surface area contributed by atoms with Crippen LogP contribution in [0.25, 0.3) is 6.08 Å². The van der Waals surface area contributed by atoms with E-state index in [0.717, 1.165) is 17.8 Å². The maximum atomic E-state index is 13.2. The molecule has 2 aliphatic rings. The second-order valence-corrected chi connectivity index (χ2v) is 12.6. The minimum Gasteiger partial charge on any atom is -0.480 e. The molecule has 0 aliphatic carbocycles. The fraction of sp³-hybridized carbons (Fsp3) is 0.704. The van der Waals surface area contributed by atoms with Crippen molar-refractivity contribution in [3.63, 3.8) is 0 Å². The molecule has 10 heteroatoms. The fourth-order valence-electron chi connectivity index (χ4n) is 5.62. The zero-order chi connectivity index (χ0) is 27.7. The minimum absolute atomic E-state index is 0.0291. The summed E-state index contributed by atoms with van der Waals surface area (Å²) in [5, 5.41) is 37.8. The quantitative estimate of drug-likeness (QED) is 0.337. The number of aryl methyl sites for hydroxylation is 1. The summed E-state index contributed by atoms with van der Waals surface area (Å²) in [4.78, 5) is 43.0. The molecule has 0 bridgehead atoms. The summed E-state index contributed by atoms with van der Waals surface area (Å²) >= 11 is 1.43. The number of Topliss-reactive ketones (excluding diaryl/α,β-unsaturated/α-hetero) is 1. The molecule has 206 valence electrons. The van der Waals surface area contributed by atoms with Gasteiger partial charge in [0.05, 0.1) is 10.7 Å². The highest BCUT2D eigenvalue weighted by Gasteiger charge is 2.66. The Morgan fingerprint density at radius 3 is 2.51 bits per heavy atom. The van der Waals surface area contributed by atoms with Gasteiger partial charge < -0.3 is 20.1 Å². The molecule has 7 unspecified atom stereocenters. The second-order valence-electron chi connectivity index (χ2n) is 11.5. The van der Waals surface area contributed by atoms with Crippen molar-refractivity contribution in [3.8, 4) is 0 Å². The zero-order valence-electron chi connectivity index (χ0n) is 22.5. The summed E-state index contributed by atoms with van der Waals surface area (Å²) in [6.45, 7) is 10.8. The SMILES string of the molecule is CC(=Cc1csc(C)n1)C1OC(=O)C(O)CC(C)(C)C(=O)C(C)CC(C)CCCC2NC2(C(=O)O)C1O. The van der Waals surface area contributed by atoms with Crippen LogP contribution in [0.1, 0.15) is 77.4 Å². The van der Waals surface area contributed by atoms with Crippen LogP contribution in [0.2, 0.25) is 0 Å². The van der Waals surface area contributed by atoms with E-state index in [-0.39, 0.29) is 24.0 Å². The lowest BCUT2D eigenvalue weighted by molar-refractivity contribution is -0.168. The van der Waals surface area contributed by atoms with Crippen LogP contribution in [-0.4, -0.2) is 67.9 Å².